The van der Waals surface area contributed by atoms with Crippen LogP contribution in [0.4, 0.5) is 0 Å². The lowest BCUT2D eigenvalue weighted by Crippen LogP contribution is -2.56. The van der Waals surface area contributed by atoms with Crippen molar-refractivity contribution in [2.75, 3.05) is 21.1 Å². The summed E-state index contributed by atoms with van der Waals surface area (Å²) in [6.07, 6.45) is 3.81. The monoisotopic (exact) mass is 528 g/mol. The highest BCUT2D eigenvalue weighted by atomic mass is 16.2. The molecule has 2 atom stereocenters. The Bertz CT molecular complexity index is 1290. The first kappa shape index (κ1) is 28.3. The number of nitrogens with zero attached hydrogens (tertiary/aromatic N) is 2. The first-order valence-corrected chi connectivity index (χ1v) is 13.8. The van der Waals surface area contributed by atoms with Crippen molar-refractivity contribution in [1.82, 2.24) is 15.1 Å². The third-order valence-corrected chi connectivity index (χ3v) is 8.10. The zero-order valence-corrected chi connectivity index (χ0v) is 23.2. The molecule has 0 spiro atoms. The average molecular weight is 529 g/mol. The lowest BCUT2D eigenvalue weighted by molar-refractivity contribution is -0.149. The van der Waals surface area contributed by atoms with Gasteiger partial charge in [-0.1, -0.05) is 72.8 Å². The molecule has 0 heterocycles. The molecule has 2 unspecified atom stereocenters. The molecule has 3 aromatic rings. The van der Waals surface area contributed by atoms with E-state index < -0.39 is 12.1 Å². The minimum atomic E-state index is -0.748. The molecule has 4 rings (SSSR count). The van der Waals surface area contributed by atoms with Crippen molar-refractivity contribution in [3.63, 3.8) is 0 Å². The molecule has 0 bridgehead atoms. The van der Waals surface area contributed by atoms with E-state index >= 15 is 0 Å². The van der Waals surface area contributed by atoms with Crippen LogP contribution in [0, 0.1) is 5.92 Å². The second-order valence-corrected chi connectivity index (χ2v) is 10.7. The molecule has 3 amide bonds. The van der Waals surface area contributed by atoms with Crippen LogP contribution in [-0.4, -0.2) is 66.8 Å². The zero-order chi connectivity index (χ0) is 27.9. The molecular formula is C32H40N4O3. The number of likely N-dealkylation sites (N-methyl/N-ethyl adjacent to an activating group) is 3. The van der Waals surface area contributed by atoms with Crippen molar-refractivity contribution in [1.29, 1.82) is 0 Å². The normalized spacial score (nSPS) is 18.7. The van der Waals surface area contributed by atoms with E-state index in [1.807, 2.05) is 60.7 Å². The van der Waals surface area contributed by atoms with Crippen molar-refractivity contribution < 1.29 is 14.4 Å². The van der Waals surface area contributed by atoms with Gasteiger partial charge in [0.1, 0.15) is 12.1 Å². The fourth-order valence-corrected chi connectivity index (χ4v) is 5.58. The van der Waals surface area contributed by atoms with Gasteiger partial charge in [-0.15, -0.1) is 0 Å². The topological polar surface area (TPSA) is 95.7 Å². The van der Waals surface area contributed by atoms with Crippen LogP contribution in [0.15, 0.2) is 72.8 Å². The highest BCUT2D eigenvalue weighted by molar-refractivity contribution is 5.93. The van der Waals surface area contributed by atoms with Crippen LogP contribution >= 0.6 is 0 Å². The van der Waals surface area contributed by atoms with E-state index in [0.717, 1.165) is 47.6 Å². The third kappa shape index (κ3) is 6.84. The quantitative estimate of drug-likeness (QED) is 0.444. The number of hydrogen-bond donors (Lipinski definition) is 2. The lowest BCUT2D eigenvalue weighted by atomic mass is 9.85. The molecule has 1 aliphatic carbocycles. The number of carbonyl (C=O) groups is 3. The number of amides is 3. The lowest BCUT2D eigenvalue weighted by Gasteiger charge is -2.36. The highest BCUT2D eigenvalue weighted by Crippen LogP contribution is 2.27. The van der Waals surface area contributed by atoms with Crippen molar-refractivity contribution in [3.05, 3.63) is 83.9 Å². The molecule has 3 aromatic carbocycles. The maximum Gasteiger partial charge on any atom is 0.246 e. The Morgan fingerprint density at radius 1 is 0.795 bits per heavy atom. The second-order valence-electron chi connectivity index (χ2n) is 10.7. The Morgan fingerprint density at radius 2 is 1.41 bits per heavy atom. The van der Waals surface area contributed by atoms with E-state index in [2.05, 4.69) is 17.4 Å². The Morgan fingerprint density at radius 3 is 2.08 bits per heavy atom. The van der Waals surface area contributed by atoms with Crippen molar-refractivity contribution in [3.8, 4) is 0 Å². The largest absolute Gasteiger partial charge is 0.357 e. The number of hydrogen-bond acceptors (Lipinski definition) is 4. The number of rotatable bonds is 9. The minimum absolute atomic E-state index is 0.0333. The molecular weight excluding hydrogens is 488 g/mol. The van der Waals surface area contributed by atoms with Gasteiger partial charge in [-0.2, -0.15) is 0 Å². The van der Waals surface area contributed by atoms with Gasteiger partial charge in [-0.3, -0.25) is 14.4 Å². The summed E-state index contributed by atoms with van der Waals surface area (Å²) in [4.78, 5) is 43.9. The fourth-order valence-electron chi connectivity index (χ4n) is 5.58. The maximum absolute atomic E-state index is 14.2. The number of carbonyl (C=O) groups excluding carboxylic acids is 3. The molecule has 1 aliphatic rings. The van der Waals surface area contributed by atoms with E-state index in [4.69, 9.17) is 5.73 Å². The Hall–Kier alpha value is -3.71. The second kappa shape index (κ2) is 12.9. The number of nitrogens with two attached hydrogens (primary N) is 1. The van der Waals surface area contributed by atoms with Crippen molar-refractivity contribution in [2.24, 2.45) is 11.7 Å². The van der Waals surface area contributed by atoms with Gasteiger partial charge < -0.3 is 20.9 Å². The number of benzene rings is 3. The minimum Gasteiger partial charge on any atom is -0.357 e. The van der Waals surface area contributed by atoms with Gasteiger partial charge in [-0.25, -0.2) is 0 Å². The summed E-state index contributed by atoms with van der Waals surface area (Å²) >= 11 is 0. The third-order valence-electron chi connectivity index (χ3n) is 8.10. The molecule has 1 fully saturated rings. The first-order chi connectivity index (χ1) is 18.8. The Balaban J connectivity index is 1.63. The first-order valence-electron chi connectivity index (χ1n) is 13.8. The molecule has 0 radical (unpaired) electrons. The fraction of sp³-hybridized carbons (Fsp3) is 0.406. The molecule has 7 nitrogen and oxygen atoms in total. The van der Waals surface area contributed by atoms with Crippen LogP contribution in [0.2, 0.25) is 0 Å². The summed E-state index contributed by atoms with van der Waals surface area (Å²) in [6.45, 7) is 0. The molecule has 0 aromatic heterocycles. The SMILES string of the molecule is CNC(=O)C(Cc1ccccc1)N(C)C(=O)C(Cc1ccc2ccccc2c1)N(C)C(=O)C1CCC(N)CC1. The van der Waals surface area contributed by atoms with Gasteiger partial charge in [0.15, 0.2) is 0 Å². The molecule has 3 N–H and O–H groups in total. The van der Waals surface area contributed by atoms with Gasteiger partial charge in [0.25, 0.3) is 0 Å². The standard InChI is InChI=1S/C32H40N4O3/c1-34-30(37)28(20-22-9-5-4-6-10-22)35(2)32(39)29(36(3)31(38)25-15-17-27(33)18-16-25)21-23-13-14-24-11-7-8-12-26(24)19-23/h4-14,19,25,27-29H,15-18,20-21,33H2,1-3H3,(H,34,37). The smallest absolute Gasteiger partial charge is 0.246 e. The predicted octanol–water partition coefficient (Wildman–Crippen LogP) is 3.54. The van der Waals surface area contributed by atoms with Crippen molar-refractivity contribution in [2.45, 2.75) is 56.7 Å². The highest BCUT2D eigenvalue weighted by Gasteiger charge is 2.37. The number of fused-ring (bicyclic) bond motifs is 1. The van der Waals surface area contributed by atoms with E-state index in [1.165, 1.54) is 4.90 Å². The predicted molar refractivity (Wildman–Crippen MR) is 155 cm³/mol. The summed E-state index contributed by atoms with van der Waals surface area (Å²) in [6, 6.07) is 22.6. The Kier molecular flexibility index (Phi) is 9.36. The van der Waals surface area contributed by atoms with Crippen LogP contribution < -0.4 is 11.1 Å². The van der Waals surface area contributed by atoms with Crippen LogP contribution in [0.3, 0.4) is 0 Å². The van der Waals surface area contributed by atoms with Crippen LogP contribution in [0.25, 0.3) is 10.8 Å². The van der Waals surface area contributed by atoms with Crippen LogP contribution in [-0.2, 0) is 27.2 Å². The van der Waals surface area contributed by atoms with E-state index in [-0.39, 0.29) is 29.7 Å². The summed E-state index contributed by atoms with van der Waals surface area (Å²) < 4.78 is 0. The average Bonchev–Trinajstić information content (AvgIpc) is 2.97. The van der Waals surface area contributed by atoms with Crippen LogP contribution in [0.1, 0.15) is 36.8 Å². The van der Waals surface area contributed by atoms with Crippen LogP contribution in [0.5, 0.6) is 0 Å². The maximum atomic E-state index is 14.2. The molecule has 39 heavy (non-hydrogen) atoms. The molecule has 1 saturated carbocycles. The summed E-state index contributed by atoms with van der Waals surface area (Å²) in [5, 5.41) is 4.91. The number of nitrogens with one attached hydrogen (secondary N) is 1. The van der Waals surface area contributed by atoms with E-state index in [0.29, 0.717) is 12.8 Å². The molecule has 0 aliphatic heterocycles. The van der Waals surface area contributed by atoms with Gasteiger partial charge in [0, 0.05) is 45.9 Å². The zero-order valence-electron chi connectivity index (χ0n) is 23.2. The van der Waals surface area contributed by atoms with Crippen molar-refractivity contribution >= 4 is 28.5 Å². The van der Waals surface area contributed by atoms with Gasteiger partial charge in [0.05, 0.1) is 0 Å². The van der Waals surface area contributed by atoms with E-state index in [9.17, 15) is 14.4 Å². The van der Waals surface area contributed by atoms with Gasteiger partial charge in [-0.05, 0) is 47.6 Å². The van der Waals surface area contributed by atoms with Gasteiger partial charge >= 0.3 is 0 Å². The molecule has 0 saturated heterocycles. The van der Waals surface area contributed by atoms with E-state index in [1.54, 1.807) is 26.0 Å². The summed E-state index contributed by atoms with van der Waals surface area (Å²) in [5.74, 6) is -0.675. The molecule has 7 heteroatoms. The summed E-state index contributed by atoms with van der Waals surface area (Å²) in [7, 11) is 4.96. The summed E-state index contributed by atoms with van der Waals surface area (Å²) in [5.41, 5.74) is 8.00. The molecule has 206 valence electrons. The van der Waals surface area contributed by atoms with Gasteiger partial charge in [0.2, 0.25) is 17.7 Å². The Labute approximate surface area is 231 Å².